The molecule has 0 spiro atoms. The molecule has 1 saturated heterocycles. The van der Waals surface area contributed by atoms with Crippen molar-refractivity contribution in [1.82, 2.24) is 9.80 Å². The number of aliphatic imine (C=N–C) groups is 1. The molecule has 0 unspecified atom stereocenters. The molecule has 2 aliphatic heterocycles. The number of amides is 2. The van der Waals surface area contributed by atoms with Gasteiger partial charge in [-0.15, -0.1) is 0 Å². The fourth-order valence-corrected chi connectivity index (χ4v) is 4.45. The van der Waals surface area contributed by atoms with Crippen molar-refractivity contribution in [2.75, 3.05) is 31.5 Å². The molecule has 30 heavy (non-hydrogen) atoms. The van der Waals surface area contributed by atoms with E-state index in [1.165, 1.54) is 24.2 Å². The molecule has 2 amide bonds. The number of carbonyl (C=O) groups is 2. The highest BCUT2D eigenvalue weighted by molar-refractivity contribution is 8.18. The third kappa shape index (κ3) is 5.17. The first kappa shape index (κ1) is 20.4. The second-order valence-corrected chi connectivity index (χ2v) is 8.37. The third-order valence-electron chi connectivity index (χ3n) is 5.03. The van der Waals surface area contributed by atoms with Crippen LogP contribution in [0.3, 0.4) is 0 Å². The van der Waals surface area contributed by atoms with Crippen molar-refractivity contribution < 1.29 is 9.59 Å². The summed E-state index contributed by atoms with van der Waals surface area (Å²) in [5.74, 6) is -0.294. The smallest absolute Gasteiger partial charge is 0.286 e. The molecule has 1 N–H and O–H groups in total. The van der Waals surface area contributed by atoms with Gasteiger partial charge in [0.05, 0.1) is 4.91 Å². The highest BCUT2D eigenvalue weighted by Crippen LogP contribution is 2.31. The molecule has 2 aromatic carbocycles. The maximum atomic E-state index is 12.4. The van der Waals surface area contributed by atoms with Crippen LogP contribution in [-0.2, 0) is 16.1 Å². The van der Waals surface area contributed by atoms with E-state index in [0.717, 1.165) is 49.1 Å². The number of carbonyl (C=O) groups excluding carboxylic acids is 2. The highest BCUT2D eigenvalue weighted by Gasteiger charge is 2.28. The fourth-order valence-electron chi connectivity index (χ4n) is 3.49. The number of anilines is 1. The van der Waals surface area contributed by atoms with Crippen molar-refractivity contribution in [1.29, 1.82) is 0 Å². The zero-order valence-corrected chi connectivity index (χ0v) is 17.7. The topological polar surface area (TPSA) is 65.0 Å². The largest absolute Gasteiger partial charge is 0.348 e. The van der Waals surface area contributed by atoms with E-state index < -0.39 is 0 Å². The van der Waals surface area contributed by atoms with Gasteiger partial charge >= 0.3 is 0 Å². The molecule has 2 heterocycles. The van der Waals surface area contributed by atoms with Crippen LogP contribution >= 0.6 is 11.8 Å². The Labute approximate surface area is 180 Å². The number of nitrogens with one attached hydrogen (secondary N) is 1. The lowest BCUT2D eigenvalue weighted by Crippen LogP contribution is -2.47. The minimum absolute atomic E-state index is 0.107. The first-order valence-electron chi connectivity index (χ1n) is 9.98. The summed E-state index contributed by atoms with van der Waals surface area (Å²) in [6, 6.07) is 17.9. The van der Waals surface area contributed by atoms with E-state index in [-0.39, 0.29) is 11.8 Å². The predicted octanol–water partition coefficient (Wildman–Crippen LogP) is 3.43. The van der Waals surface area contributed by atoms with Gasteiger partial charge in [-0.2, -0.15) is 4.99 Å². The molecule has 154 valence electrons. The average molecular weight is 421 g/mol. The predicted molar refractivity (Wildman–Crippen MR) is 122 cm³/mol. The van der Waals surface area contributed by atoms with Crippen LogP contribution in [0.25, 0.3) is 6.08 Å². The Balaban J connectivity index is 1.33. The summed E-state index contributed by atoms with van der Waals surface area (Å²) in [5.41, 5.74) is 2.97. The lowest BCUT2D eigenvalue weighted by atomic mass is 10.2. The lowest BCUT2D eigenvalue weighted by molar-refractivity contribution is -0.114. The Kier molecular flexibility index (Phi) is 6.30. The normalized spacial score (nSPS) is 18.6. The number of benzene rings is 2. The Morgan fingerprint density at radius 1 is 1.07 bits per heavy atom. The zero-order chi connectivity index (χ0) is 20.9. The molecule has 2 aliphatic rings. The van der Waals surface area contributed by atoms with Gasteiger partial charge < -0.3 is 10.2 Å². The van der Waals surface area contributed by atoms with Gasteiger partial charge in [0, 0.05) is 45.3 Å². The van der Waals surface area contributed by atoms with Crippen molar-refractivity contribution in [3.05, 3.63) is 70.6 Å². The van der Waals surface area contributed by atoms with E-state index in [1.807, 2.05) is 36.4 Å². The molecule has 0 aromatic heterocycles. The quantitative estimate of drug-likeness (QED) is 0.768. The minimum Gasteiger partial charge on any atom is -0.348 e. The third-order valence-corrected chi connectivity index (χ3v) is 6.07. The van der Waals surface area contributed by atoms with Crippen molar-refractivity contribution in [2.24, 2.45) is 4.99 Å². The summed E-state index contributed by atoms with van der Waals surface area (Å²) < 4.78 is 0. The summed E-state index contributed by atoms with van der Waals surface area (Å²) in [6.45, 7) is 6.06. The lowest BCUT2D eigenvalue weighted by Gasteiger charge is -2.35. The molecule has 0 radical (unpaired) electrons. The Morgan fingerprint density at radius 2 is 1.77 bits per heavy atom. The van der Waals surface area contributed by atoms with Crippen molar-refractivity contribution >= 4 is 40.5 Å². The van der Waals surface area contributed by atoms with E-state index in [0.29, 0.717) is 4.91 Å². The van der Waals surface area contributed by atoms with Gasteiger partial charge in [0.2, 0.25) is 5.91 Å². The fraction of sp³-hybridized carbons (Fsp3) is 0.261. The molecule has 2 aromatic rings. The molecular formula is C23H24N4O2S. The maximum Gasteiger partial charge on any atom is 0.286 e. The summed E-state index contributed by atoms with van der Waals surface area (Å²) >= 11 is 1.44. The van der Waals surface area contributed by atoms with Crippen LogP contribution < -0.4 is 5.32 Å². The van der Waals surface area contributed by atoms with Gasteiger partial charge in [-0.3, -0.25) is 14.5 Å². The van der Waals surface area contributed by atoms with Crippen LogP contribution in [0.2, 0.25) is 0 Å². The van der Waals surface area contributed by atoms with E-state index in [2.05, 4.69) is 44.4 Å². The zero-order valence-electron chi connectivity index (χ0n) is 16.9. The van der Waals surface area contributed by atoms with Crippen LogP contribution in [0.1, 0.15) is 18.1 Å². The van der Waals surface area contributed by atoms with Crippen molar-refractivity contribution in [3.63, 3.8) is 0 Å². The Hall–Kier alpha value is -2.90. The van der Waals surface area contributed by atoms with Crippen molar-refractivity contribution in [3.8, 4) is 0 Å². The number of amidine groups is 1. The Morgan fingerprint density at radius 3 is 2.43 bits per heavy atom. The molecule has 0 bridgehead atoms. The number of hydrogen-bond acceptors (Lipinski definition) is 5. The van der Waals surface area contributed by atoms with Crippen LogP contribution in [0, 0.1) is 0 Å². The molecule has 0 atom stereocenters. The van der Waals surface area contributed by atoms with Crippen LogP contribution in [-0.4, -0.2) is 53.0 Å². The summed E-state index contributed by atoms with van der Waals surface area (Å²) in [7, 11) is 0. The molecule has 4 rings (SSSR count). The monoisotopic (exact) mass is 420 g/mol. The number of piperazine rings is 1. The molecule has 1 fully saturated rings. The van der Waals surface area contributed by atoms with Gasteiger partial charge in [-0.25, -0.2) is 0 Å². The van der Waals surface area contributed by atoms with Gasteiger partial charge in [0.15, 0.2) is 5.17 Å². The number of rotatable bonds is 4. The van der Waals surface area contributed by atoms with Gasteiger partial charge in [0.1, 0.15) is 0 Å². The second-order valence-electron chi connectivity index (χ2n) is 7.36. The minimum atomic E-state index is -0.187. The average Bonchev–Trinajstić information content (AvgIpc) is 3.11. The SMILES string of the molecule is CC(=O)Nc1ccc(/C=C2/SC(N3CCN(Cc4ccccc4)CC3)=NC2=O)cc1. The number of thioether (sulfide) groups is 1. The second kappa shape index (κ2) is 9.28. The van der Waals surface area contributed by atoms with E-state index >= 15 is 0 Å². The molecular weight excluding hydrogens is 396 g/mol. The molecule has 0 aliphatic carbocycles. The molecule has 7 heteroatoms. The molecule has 6 nitrogen and oxygen atoms in total. The van der Waals surface area contributed by atoms with Gasteiger partial charge in [-0.1, -0.05) is 42.5 Å². The van der Waals surface area contributed by atoms with Gasteiger partial charge in [-0.05, 0) is 41.1 Å². The number of nitrogens with zero attached hydrogens (tertiary/aromatic N) is 3. The van der Waals surface area contributed by atoms with Crippen LogP contribution in [0.5, 0.6) is 0 Å². The van der Waals surface area contributed by atoms with Crippen LogP contribution in [0.4, 0.5) is 5.69 Å². The Bertz CT molecular complexity index is 978. The molecule has 0 saturated carbocycles. The van der Waals surface area contributed by atoms with Gasteiger partial charge in [0.25, 0.3) is 5.91 Å². The first-order valence-corrected chi connectivity index (χ1v) is 10.8. The van der Waals surface area contributed by atoms with Crippen LogP contribution in [0.15, 0.2) is 64.5 Å². The van der Waals surface area contributed by atoms with E-state index in [9.17, 15) is 9.59 Å². The highest BCUT2D eigenvalue weighted by atomic mass is 32.2. The standard InChI is InChI=1S/C23H24N4O2S/c1-17(28)24-20-9-7-18(8-10-20)15-21-22(29)25-23(30-21)27-13-11-26(12-14-27)16-19-5-3-2-4-6-19/h2-10,15H,11-14,16H2,1H3,(H,24,28)/b21-15+. The van der Waals surface area contributed by atoms with Crippen molar-refractivity contribution in [2.45, 2.75) is 13.5 Å². The van der Waals surface area contributed by atoms with E-state index in [4.69, 9.17) is 0 Å². The summed E-state index contributed by atoms with van der Waals surface area (Å²) in [5, 5.41) is 3.53. The summed E-state index contributed by atoms with van der Waals surface area (Å²) in [4.78, 5) is 33.0. The van der Waals surface area contributed by atoms with E-state index in [1.54, 1.807) is 0 Å². The first-order chi connectivity index (χ1) is 14.6. The number of hydrogen-bond donors (Lipinski definition) is 1. The summed E-state index contributed by atoms with van der Waals surface area (Å²) in [6.07, 6.45) is 1.85. The maximum absolute atomic E-state index is 12.4.